The van der Waals surface area contributed by atoms with Gasteiger partial charge in [0.15, 0.2) is 0 Å². The Morgan fingerprint density at radius 3 is 1.88 bits per heavy atom. The van der Waals surface area contributed by atoms with E-state index in [1.165, 1.54) is 0 Å². The number of hydrogen-bond acceptors (Lipinski definition) is 1. The van der Waals surface area contributed by atoms with Gasteiger partial charge in [-0.05, 0) is 0 Å². The summed E-state index contributed by atoms with van der Waals surface area (Å²) in [7, 11) is 0. The molecule has 0 unspecified atom stereocenters. The van der Waals surface area contributed by atoms with Crippen LogP contribution in [0.3, 0.4) is 0 Å². The van der Waals surface area contributed by atoms with Crippen molar-refractivity contribution in [2.24, 2.45) is 0 Å². The minimum atomic E-state index is 0.172. The Labute approximate surface area is 48.5 Å². The topological polar surface area (TPSA) is 44.5 Å². The predicted molar refractivity (Wildman–Crippen MR) is 31.6 cm³/mol. The third kappa shape index (κ3) is 0.757. The van der Waals surface area contributed by atoms with Crippen molar-refractivity contribution >= 4 is 0 Å². The second kappa shape index (κ2) is 1.37. The van der Waals surface area contributed by atoms with Gasteiger partial charge in [0, 0.05) is 5.41 Å². The van der Waals surface area contributed by atoms with Gasteiger partial charge in [-0.2, -0.15) is 0 Å². The number of hydrogen-bond donors (Lipinski definition) is 2. The van der Waals surface area contributed by atoms with Gasteiger partial charge in [-0.3, -0.25) is 5.10 Å². The van der Waals surface area contributed by atoms with E-state index in [2.05, 4.69) is 36.2 Å². The summed E-state index contributed by atoms with van der Waals surface area (Å²) < 4.78 is 0. The zero-order chi connectivity index (χ0) is 6.20. The van der Waals surface area contributed by atoms with E-state index in [1.807, 2.05) is 0 Å². The molecular formula is C5H11N3. The van der Waals surface area contributed by atoms with Crippen LogP contribution in [0.4, 0.5) is 0 Å². The molecule has 0 saturated heterocycles. The van der Waals surface area contributed by atoms with Gasteiger partial charge in [0.1, 0.15) is 5.82 Å². The molecule has 1 aromatic heterocycles. The molecule has 0 aliphatic rings. The summed E-state index contributed by atoms with van der Waals surface area (Å²) in [4.78, 5) is 0. The number of H-pyrrole nitrogens is 2. The molecule has 0 aromatic carbocycles. The van der Waals surface area contributed by atoms with E-state index in [-0.39, 0.29) is 5.41 Å². The summed E-state index contributed by atoms with van der Waals surface area (Å²) >= 11 is 0. The van der Waals surface area contributed by atoms with Crippen LogP contribution >= 0.6 is 0 Å². The fourth-order valence-electron chi connectivity index (χ4n) is 0.467. The van der Waals surface area contributed by atoms with Crippen LogP contribution in [0.2, 0.25) is 0 Å². The maximum Gasteiger partial charge on any atom is 0.149 e. The van der Waals surface area contributed by atoms with E-state index in [9.17, 15) is 0 Å². The number of nitrogens with zero attached hydrogens (tertiary/aromatic N) is 1. The lowest BCUT2D eigenvalue weighted by Crippen LogP contribution is -2.20. The van der Waals surface area contributed by atoms with Crippen LogP contribution in [-0.2, 0) is 5.41 Å². The standard InChI is InChI=1S/C5H11N3/c1-5(2,3)4-6-8-7-4/h8H,1-3H3,(H,6,7). The van der Waals surface area contributed by atoms with Crippen LogP contribution in [0.5, 0.6) is 0 Å². The second-order valence-electron chi connectivity index (χ2n) is 2.95. The van der Waals surface area contributed by atoms with Crippen molar-refractivity contribution in [3.05, 3.63) is 5.82 Å². The van der Waals surface area contributed by atoms with Gasteiger partial charge in [0.05, 0.1) is 0 Å². The van der Waals surface area contributed by atoms with Crippen molar-refractivity contribution in [1.82, 2.24) is 15.4 Å². The molecule has 1 aromatic rings. The van der Waals surface area contributed by atoms with E-state index in [0.29, 0.717) is 0 Å². The molecule has 0 fully saturated rings. The summed E-state index contributed by atoms with van der Waals surface area (Å²) in [5, 5.41) is 9.39. The zero-order valence-electron chi connectivity index (χ0n) is 5.45. The number of aromatic nitrogens is 3. The lowest BCUT2D eigenvalue weighted by molar-refractivity contribution is 0.480. The quantitative estimate of drug-likeness (QED) is 0.518. The smallest absolute Gasteiger partial charge is 0.149 e. The number of nitrogens with one attached hydrogen (secondary N) is 2. The normalized spacial score (nSPS) is 12.4. The van der Waals surface area contributed by atoms with E-state index < -0.39 is 0 Å². The molecule has 0 atom stereocenters. The van der Waals surface area contributed by atoms with Crippen molar-refractivity contribution < 1.29 is 0 Å². The molecule has 0 spiro atoms. The second-order valence-corrected chi connectivity index (χ2v) is 2.95. The highest BCUT2D eigenvalue weighted by Crippen LogP contribution is 2.15. The van der Waals surface area contributed by atoms with E-state index in [4.69, 9.17) is 0 Å². The Bertz CT molecular complexity index is 146. The highest BCUT2D eigenvalue weighted by atomic mass is 15.4. The monoisotopic (exact) mass is 113 g/mol. The Morgan fingerprint density at radius 2 is 1.88 bits per heavy atom. The Hall–Kier alpha value is -0.730. The van der Waals surface area contributed by atoms with Crippen molar-refractivity contribution in [1.29, 1.82) is 0 Å². The Morgan fingerprint density at radius 1 is 1.38 bits per heavy atom. The first-order valence-electron chi connectivity index (χ1n) is 2.70. The van der Waals surface area contributed by atoms with E-state index >= 15 is 0 Å². The molecule has 2 N–H and O–H groups in total. The molecule has 0 saturated carbocycles. The van der Waals surface area contributed by atoms with Gasteiger partial charge >= 0.3 is 0 Å². The average molecular weight is 113 g/mol. The van der Waals surface area contributed by atoms with Gasteiger partial charge in [-0.15, -0.1) is 5.10 Å². The van der Waals surface area contributed by atoms with Gasteiger partial charge in [-0.1, -0.05) is 20.8 Å². The summed E-state index contributed by atoms with van der Waals surface area (Å²) in [5.74, 6) is 1.03. The first-order chi connectivity index (χ1) is 3.61. The molecule has 0 bridgehead atoms. The minimum Gasteiger partial charge on any atom is -0.270 e. The van der Waals surface area contributed by atoms with Crippen molar-refractivity contribution in [2.75, 3.05) is 0 Å². The van der Waals surface area contributed by atoms with Gasteiger partial charge < -0.3 is 0 Å². The molecule has 1 rings (SSSR count). The highest BCUT2D eigenvalue weighted by molar-refractivity contribution is 4.96. The van der Waals surface area contributed by atoms with Gasteiger partial charge in [-0.25, -0.2) is 5.21 Å². The van der Waals surface area contributed by atoms with Crippen LogP contribution in [0, 0.1) is 0 Å². The van der Waals surface area contributed by atoms with Crippen LogP contribution < -0.4 is 0 Å². The zero-order valence-corrected chi connectivity index (χ0v) is 5.45. The van der Waals surface area contributed by atoms with Crippen molar-refractivity contribution in [2.45, 2.75) is 26.2 Å². The van der Waals surface area contributed by atoms with Crippen LogP contribution in [0.15, 0.2) is 0 Å². The highest BCUT2D eigenvalue weighted by Gasteiger charge is 2.17. The SMILES string of the molecule is CC(C)(C)c1n[nH][nH]1. The molecule has 0 aliphatic carbocycles. The third-order valence-corrected chi connectivity index (χ3v) is 1.05. The summed E-state index contributed by atoms with van der Waals surface area (Å²) in [6, 6.07) is 0. The fourth-order valence-corrected chi connectivity index (χ4v) is 0.467. The number of aromatic amines is 2. The summed E-state index contributed by atoms with van der Waals surface area (Å²) in [6.45, 7) is 6.33. The van der Waals surface area contributed by atoms with Crippen LogP contribution in [-0.4, -0.2) is 15.4 Å². The number of rotatable bonds is 0. The average Bonchev–Trinajstić information content (AvgIpc) is 1.16. The lowest BCUT2D eigenvalue weighted by atomic mass is 9.96. The molecular weight excluding hydrogens is 102 g/mol. The molecule has 0 amide bonds. The van der Waals surface area contributed by atoms with Crippen molar-refractivity contribution in [3.8, 4) is 0 Å². The molecule has 1 heterocycles. The molecule has 46 valence electrons. The van der Waals surface area contributed by atoms with Crippen molar-refractivity contribution in [3.63, 3.8) is 0 Å². The summed E-state index contributed by atoms with van der Waals surface area (Å²) in [5.41, 5.74) is 0.172. The van der Waals surface area contributed by atoms with E-state index in [0.717, 1.165) is 5.82 Å². The fraction of sp³-hybridized carbons (Fsp3) is 0.800. The molecule has 0 radical (unpaired) electrons. The predicted octanol–water partition coefficient (Wildman–Crippen LogP) is 1.04. The minimum absolute atomic E-state index is 0.172. The van der Waals surface area contributed by atoms with E-state index in [1.54, 1.807) is 0 Å². The summed E-state index contributed by atoms with van der Waals surface area (Å²) in [6.07, 6.45) is 0. The van der Waals surface area contributed by atoms with Gasteiger partial charge in [0.25, 0.3) is 0 Å². The van der Waals surface area contributed by atoms with Crippen LogP contribution in [0.25, 0.3) is 0 Å². The Balaban J connectivity index is 2.71. The first-order valence-corrected chi connectivity index (χ1v) is 2.70. The van der Waals surface area contributed by atoms with Gasteiger partial charge in [0.2, 0.25) is 0 Å². The third-order valence-electron chi connectivity index (χ3n) is 1.05. The maximum atomic E-state index is 3.90. The van der Waals surface area contributed by atoms with Crippen LogP contribution in [0.1, 0.15) is 26.6 Å². The lowest BCUT2D eigenvalue weighted by Gasteiger charge is -2.17. The molecule has 0 aliphatic heterocycles. The Kier molecular flexibility index (Phi) is 0.927. The largest absolute Gasteiger partial charge is 0.270 e. The molecule has 8 heavy (non-hydrogen) atoms. The first kappa shape index (κ1) is 5.41. The maximum absolute atomic E-state index is 3.90. The molecule has 3 heteroatoms. The molecule has 3 nitrogen and oxygen atoms in total.